The van der Waals surface area contributed by atoms with Crippen molar-refractivity contribution in [2.24, 2.45) is 0 Å². The fourth-order valence-corrected chi connectivity index (χ4v) is 2.18. The van der Waals surface area contributed by atoms with Gasteiger partial charge in [0.1, 0.15) is 0 Å². The highest BCUT2D eigenvalue weighted by Gasteiger charge is 2.44. The maximum Gasteiger partial charge on any atom is 0.283 e. The van der Waals surface area contributed by atoms with Crippen LogP contribution in [0.1, 0.15) is 26.8 Å². The van der Waals surface area contributed by atoms with Gasteiger partial charge in [0.15, 0.2) is 12.4 Å². The lowest BCUT2D eigenvalue weighted by atomic mass is 10.1. The molecule has 17 heavy (non-hydrogen) atoms. The maximum absolute atomic E-state index is 12.2. The Morgan fingerprint density at radius 2 is 1.29 bits per heavy atom. The van der Waals surface area contributed by atoms with Gasteiger partial charge in [-0.05, 0) is 0 Å². The molecule has 1 heterocycles. The number of nitrogens with zero attached hydrogens (tertiary/aromatic N) is 1. The van der Waals surface area contributed by atoms with Gasteiger partial charge in [0.25, 0.3) is 6.04 Å². The predicted molar refractivity (Wildman–Crippen MR) is 60.8 cm³/mol. The molecule has 0 bridgehead atoms. The fraction of sp³-hybridized carbons (Fsp3) is 0.0714. The minimum Gasteiger partial charge on any atom is -0.286 e. The molecule has 0 N–H and O–H groups in total. The number of pyridine rings is 1. The van der Waals surface area contributed by atoms with E-state index in [1.54, 1.807) is 41.2 Å². The zero-order valence-electron chi connectivity index (χ0n) is 9.04. The summed E-state index contributed by atoms with van der Waals surface area (Å²) < 4.78 is 1.66. The van der Waals surface area contributed by atoms with Crippen molar-refractivity contribution >= 4 is 11.6 Å². The third kappa shape index (κ3) is 1.40. The van der Waals surface area contributed by atoms with Crippen molar-refractivity contribution in [2.75, 3.05) is 0 Å². The van der Waals surface area contributed by atoms with Crippen LogP contribution in [0.5, 0.6) is 0 Å². The van der Waals surface area contributed by atoms with Gasteiger partial charge in [0.2, 0.25) is 11.6 Å². The van der Waals surface area contributed by atoms with Gasteiger partial charge in [-0.25, -0.2) is 0 Å². The van der Waals surface area contributed by atoms with Crippen molar-refractivity contribution in [3.63, 3.8) is 0 Å². The molecule has 3 nitrogen and oxygen atoms in total. The van der Waals surface area contributed by atoms with Crippen molar-refractivity contribution in [3.05, 3.63) is 66.0 Å². The lowest BCUT2D eigenvalue weighted by molar-refractivity contribution is -0.693. The van der Waals surface area contributed by atoms with Crippen LogP contribution >= 0.6 is 0 Å². The Kier molecular flexibility index (Phi) is 2.11. The number of Topliss-reactive ketones (excluding diaryl/α,β-unsaturated/α-hetero) is 2. The van der Waals surface area contributed by atoms with E-state index in [1.165, 1.54) is 0 Å². The summed E-state index contributed by atoms with van der Waals surface area (Å²) in [6.07, 6.45) is 3.48. The Morgan fingerprint density at radius 1 is 0.765 bits per heavy atom. The predicted octanol–water partition coefficient (Wildman–Crippen LogP) is 1.59. The summed E-state index contributed by atoms with van der Waals surface area (Å²) >= 11 is 0. The molecule has 3 rings (SSSR count). The molecular formula is C14H10NO2+. The van der Waals surface area contributed by atoms with Gasteiger partial charge in [-0.2, -0.15) is 4.57 Å². The van der Waals surface area contributed by atoms with Crippen LogP contribution in [0.15, 0.2) is 54.9 Å². The van der Waals surface area contributed by atoms with Crippen LogP contribution < -0.4 is 4.57 Å². The van der Waals surface area contributed by atoms with Crippen LogP contribution in [0.3, 0.4) is 0 Å². The Morgan fingerprint density at radius 3 is 1.82 bits per heavy atom. The monoisotopic (exact) mass is 224 g/mol. The average Bonchev–Trinajstić information content (AvgIpc) is 2.64. The lowest BCUT2D eigenvalue weighted by Gasteiger charge is -2.00. The number of carbonyl (C=O) groups is 2. The van der Waals surface area contributed by atoms with E-state index in [-0.39, 0.29) is 11.6 Å². The third-order valence-corrected chi connectivity index (χ3v) is 2.99. The molecule has 1 aromatic carbocycles. The van der Waals surface area contributed by atoms with Crippen LogP contribution in [0.4, 0.5) is 0 Å². The molecule has 0 atom stereocenters. The molecule has 0 fully saturated rings. The smallest absolute Gasteiger partial charge is 0.283 e. The first-order valence-corrected chi connectivity index (χ1v) is 5.42. The van der Waals surface area contributed by atoms with Crippen molar-refractivity contribution < 1.29 is 14.2 Å². The molecule has 0 radical (unpaired) electrons. The van der Waals surface area contributed by atoms with Crippen LogP contribution in [-0.4, -0.2) is 11.6 Å². The Bertz CT molecular complexity index is 570. The molecule has 0 saturated heterocycles. The summed E-state index contributed by atoms with van der Waals surface area (Å²) in [5.41, 5.74) is 1.05. The molecule has 0 aliphatic heterocycles. The van der Waals surface area contributed by atoms with Gasteiger partial charge in [0.05, 0.1) is 0 Å². The Balaban J connectivity index is 2.13. The molecular weight excluding hydrogens is 214 g/mol. The third-order valence-electron chi connectivity index (χ3n) is 2.99. The number of rotatable bonds is 1. The van der Waals surface area contributed by atoms with Gasteiger partial charge in [-0.15, -0.1) is 0 Å². The second-order valence-electron chi connectivity index (χ2n) is 4.00. The highest BCUT2D eigenvalue weighted by molar-refractivity contribution is 6.26. The van der Waals surface area contributed by atoms with E-state index >= 15 is 0 Å². The SMILES string of the molecule is O=C1c2ccccc2C(=O)C1[n+]1ccccc1. The molecule has 1 aliphatic carbocycles. The molecule has 3 heteroatoms. The second-order valence-corrected chi connectivity index (χ2v) is 4.00. The van der Waals surface area contributed by atoms with Crippen molar-refractivity contribution in [2.45, 2.75) is 6.04 Å². The number of fused-ring (bicyclic) bond motifs is 1. The second kappa shape index (κ2) is 3.63. The highest BCUT2D eigenvalue weighted by Crippen LogP contribution is 2.26. The van der Waals surface area contributed by atoms with Gasteiger partial charge < -0.3 is 0 Å². The Hall–Kier alpha value is -2.29. The van der Waals surface area contributed by atoms with E-state index in [2.05, 4.69) is 0 Å². The van der Waals surface area contributed by atoms with Crippen LogP contribution in [0, 0.1) is 0 Å². The standard InChI is InChI=1S/C14H10NO2/c16-13-10-6-2-3-7-11(10)14(17)12(13)15-8-4-1-5-9-15/h1-9,12H/q+1. The first-order valence-electron chi connectivity index (χ1n) is 5.42. The van der Waals surface area contributed by atoms with E-state index in [1.807, 2.05) is 18.2 Å². The normalized spacial score (nSPS) is 15.1. The van der Waals surface area contributed by atoms with Gasteiger partial charge in [-0.3, -0.25) is 9.59 Å². The topological polar surface area (TPSA) is 38.0 Å². The number of carbonyl (C=O) groups excluding carboxylic acids is 2. The number of ketones is 2. The first-order chi connectivity index (χ1) is 8.29. The van der Waals surface area contributed by atoms with E-state index in [9.17, 15) is 9.59 Å². The number of hydrogen-bond acceptors (Lipinski definition) is 2. The van der Waals surface area contributed by atoms with Gasteiger partial charge in [-0.1, -0.05) is 30.3 Å². The van der Waals surface area contributed by atoms with Crippen molar-refractivity contribution in [1.82, 2.24) is 0 Å². The zero-order chi connectivity index (χ0) is 11.8. The molecule has 82 valence electrons. The Labute approximate surface area is 98.3 Å². The van der Waals surface area contributed by atoms with Crippen LogP contribution in [0.25, 0.3) is 0 Å². The molecule has 1 aliphatic rings. The molecule has 2 aromatic rings. The summed E-state index contributed by atoms with van der Waals surface area (Å²) in [5, 5.41) is 0. The van der Waals surface area contributed by atoms with Crippen molar-refractivity contribution in [3.8, 4) is 0 Å². The quantitative estimate of drug-likeness (QED) is 0.545. The number of benzene rings is 1. The molecule has 0 spiro atoms. The summed E-state index contributed by atoms with van der Waals surface area (Å²) in [6, 6.07) is 11.7. The largest absolute Gasteiger partial charge is 0.286 e. The molecule has 0 amide bonds. The maximum atomic E-state index is 12.2. The fourth-order valence-electron chi connectivity index (χ4n) is 2.18. The average molecular weight is 224 g/mol. The van der Waals surface area contributed by atoms with Crippen molar-refractivity contribution in [1.29, 1.82) is 0 Å². The van der Waals surface area contributed by atoms with Crippen LogP contribution in [0.2, 0.25) is 0 Å². The molecule has 0 saturated carbocycles. The van der Waals surface area contributed by atoms with E-state index in [4.69, 9.17) is 0 Å². The molecule has 0 unspecified atom stereocenters. The van der Waals surface area contributed by atoms with E-state index in [0.717, 1.165) is 0 Å². The zero-order valence-corrected chi connectivity index (χ0v) is 9.04. The summed E-state index contributed by atoms with van der Waals surface area (Å²) in [6.45, 7) is 0. The summed E-state index contributed by atoms with van der Waals surface area (Å²) in [4.78, 5) is 24.3. The minimum atomic E-state index is -0.728. The van der Waals surface area contributed by atoms with Gasteiger partial charge in [0, 0.05) is 23.3 Å². The van der Waals surface area contributed by atoms with E-state index < -0.39 is 6.04 Å². The summed E-state index contributed by atoms with van der Waals surface area (Å²) in [5.74, 6) is -0.247. The van der Waals surface area contributed by atoms with Gasteiger partial charge >= 0.3 is 0 Å². The highest BCUT2D eigenvalue weighted by atomic mass is 16.2. The van der Waals surface area contributed by atoms with Crippen LogP contribution in [-0.2, 0) is 0 Å². The summed E-state index contributed by atoms with van der Waals surface area (Å²) in [7, 11) is 0. The number of hydrogen-bond donors (Lipinski definition) is 0. The van der Waals surface area contributed by atoms with E-state index in [0.29, 0.717) is 11.1 Å². The minimum absolute atomic E-state index is 0.123. The lowest BCUT2D eigenvalue weighted by Crippen LogP contribution is -2.44. The molecule has 1 aromatic heterocycles. The first kappa shape index (κ1) is 9.90. The number of aromatic nitrogens is 1.